The quantitative estimate of drug-likeness (QED) is 0.175. The number of halogens is 2. The van der Waals surface area contributed by atoms with Gasteiger partial charge in [0.1, 0.15) is 23.5 Å². The van der Waals surface area contributed by atoms with Gasteiger partial charge < -0.3 is 25.5 Å². The van der Waals surface area contributed by atoms with E-state index in [0.29, 0.717) is 40.0 Å². The fourth-order valence-corrected chi connectivity index (χ4v) is 3.79. The molecule has 1 atom stereocenters. The van der Waals surface area contributed by atoms with Crippen molar-refractivity contribution >= 4 is 23.1 Å². The van der Waals surface area contributed by atoms with E-state index in [1.165, 1.54) is 13.2 Å². The van der Waals surface area contributed by atoms with Crippen LogP contribution in [0, 0.1) is 11.2 Å². The molecule has 0 bridgehead atoms. The number of hydrogen-bond acceptors (Lipinski definition) is 5. The average Bonchev–Trinajstić information content (AvgIpc) is 3.34. The highest BCUT2D eigenvalue weighted by molar-refractivity contribution is 6.30. The van der Waals surface area contributed by atoms with Crippen LogP contribution in [-0.4, -0.2) is 29.5 Å². The number of amidine groups is 1. The molecule has 0 radical (unpaired) electrons. The number of rotatable bonds is 9. The molecule has 9 heteroatoms. The summed E-state index contributed by atoms with van der Waals surface area (Å²) in [5, 5.41) is 11.6. The Bertz CT molecular complexity index is 1320. The van der Waals surface area contributed by atoms with E-state index in [-0.39, 0.29) is 11.6 Å². The largest absolute Gasteiger partial charge is 0.494 e. The molecule has 7 nitrogen and oxygen atoms in total. The predicted octanol–water partition coefficient (Wildman–Crippen LogP) is 5.76. The molecule has 1 aromatic heterocycles. The van der Waals surface area contributed by atoms with Crippen LogP contribution < -0.4 is 20.5 Å². The first-order valence-electron chi connectivity index (χ1n) is 10.9. The lowest BCUT2D eigenvalue weighted by molar-refractivity contribution is 0.331. The van der Waals surface area contributed by atoms with Gasteiger partial charge in [-0.15, -0.1) is 0 Å². The Labute approximate surface area is 207 Å². The number of nitrogens with one attached hydrogen (secondary N) is 3. The maximum absolute atomic E-state index is 15.6. The minimum absolute atomic E-state index is 0.0352. The Hall–Kier alpha value is -4.04. The minimum atomic E-state index is -0.714. The van der Waals surface area contributed by atoms with E-state index in [0.717, 1.165) is 11.3 Å². The van der Waals surface area contributed by atoms with Crippen LogP contribution in [-0.2, 0) is 0 Å². The summed E-state index contributed by atoms with van der Waals surface area (Å²) in [6, 6.07) is 16.8. The van der Waals surface area contributed by atoms with Gasteiger partial charge in [0.05, 0.1) is 25.6 Å². The number of methoxy groups -OCH3 is 1. The second-order valence-corrected chi connectivity index (χ2v) is 8.16. The summed E-state index contributed by atoms with van der Waals surface area (Å²) in [7, 11) is 1.41. The molecular weight excluding hydrogens is 469 g/mol. The highest BCUT2D eigenvalue weighted by Crippen LogP contribution is 2.35. The van der Waals surface area contributed by atoms with Gasteiger partial charge in [0.15, 0.2) is 11.6 Å². The maximum atomic E-state index is 15.6. The van der Waals surface area contributed by atoms with Crippen molar-refractivity contribution in [3.05, 3.63) is 94.7 Å². The molecule has 0 fully saturated rings. The number of nitrogen functional groups attached to an aromatic ring is 1. The van der Waals surface area contributed by atoms with Gasteiger partial charge in [-0.25, -0.2) is 9.37 Å². The van der Waals surface area contributed by atoms with Crippen molar-refractivity contribution in [2.45, 2.75) is 13.0 Å². The van der Waals surface area contributed by atoms with Gasteiger partial charge >= 0.3 is 0 Å². The zero-order valence-electron chi connectivity index (χ0n) is 19.2. The summed E-state index contributed by atoms with van der Waals surface area (Å²) < 4.78 is 26.5. The van der Waals surface area contributed by atoms with E-state index < -0.39 is 11.9 Å². The van der Waals surface area contributed by atoms with Crippen LogP contribution in [0.15, 0.2) is 66.9 Å². The lowest BCUT2D eigenvalue weighted by atomic mass is 10.0. The smallest absolute Gasteiger partial charge is 0.171 e. The topological polar surface area (TPSA) is 109 Å². The lowest BCUT2D eigenvalue weighted by Gasteiger charge is -2.21. The molecule has 1 heterocycles. The fourth-order valence-electron chi connectivity index (χ4n) is 3.67. The van der Waals surface area contributed by atoms with Crippen LogP contribution in [0.4, 0.5) is 10.1 Å². The third-order valence-corrected chi connectivity index (χ3v) is 5.67. The van der Waals surface area contributed by atoms with E-state index in [1.807, 2.05) is 19.1 Å². The molecule has 0 aliphatic rings. The van der Waals surface area contributed by atoms with Crippen LogP contribution in [0.5, 0.6) is 11.5 Å². The summed E-state index contributed by atoms with van der Waals surface area (Å²) in [6.07, 6.45) is 1.69. The van der Waals surface area contributed by atoms with Gasteiger partial charge in [-0.3, -0.25) is 5.41 Å². The Balaban J connectivity index is 1.79. The molecule has 5 N–H and O–H groups in total. The number of H-pyrrole nitrogens is 1. The summed E-state index contributed by atoms with van der Waals surface area (Å²) >= 11 is 6.02. The SMILES string of the molecule is CCOc1cc(OC)c(F)c(C(Nc2ccc(C(=N)N)cc2)c2ncc(-c3ccc(Cl)cc3)[nH]2)c1. The second kappa shape index (κ2) is 10.5. The number of aromatic nitrogens is 2. The van der Waals surface area contributed by atoms with E-state index in [9.17, 15) is 0 Å². The first-order valence-corrected chi connectivity index (χ1v) is 11.3. The van der Waals surface area contributed by atoms with Crippen molar-refractivity contribution in [3.8, 4) is 22.8 Å². The summed E-state index contributed by atoms with van der Waals surface area (Å²) in [5.41, 5.74) is 8.78. The molecular formula is C26H25ClFN5O2. The lowest BCUT2D eigenvalue weighted by Crippen LogP contribution is -2.17. The molecule has 35 heavy (non-hydrogen) atoms. The second-order valence-electron chi connectivity index (χ2n) is 7.72. The summed E-state index contributed by atoms with van der Waals surface area (Å²) in [4.78, 5) is 7.85. The van der Waals surface area contributed by atoms with Crippen LogP contribution in [0.2, 0.25) is 5.02 Å². The van der Waals surface area contributed by atoms with Crippen LogP contribution in [0.1, 0.15) is 29.9 Å². The number of ether oxygens (including phenoxy) is 2. The maximum Gasteiger partial charge on any atom is 0.171 e. The molecule has 4 aromatic rings. The van der Waals surface area contributed by atoms with Gasteiger partial charge in [0.25, 0.3) is 0 Å². The van der Waals surface area contributed by atoms with Gasteiger partial charge in [-0.05, 0) is 55.0 Å². The first-order chi connectivity index (χ1) is 16.9. The number of hydrogen-bond donors (Lipinski definition) is 4. The number of imidazole rings is 1. The van der Waals surface area contributed by atoms with Crippen LogP contribution in [0.25, 0.3) is 11.3 Å². The predicted molar refractivity (Wildman–Crippen MR) is 136 cm³/mol. The summed E-state index contributed by atoms with van der Waals surface area (Å²) in [5.74, 6) is 0.462. The molecule has 0 amide bonds. The fraction of sp³-hybridized carbons (Fsp3) is 0.154. The van der Waals surface area contributed by atoms with E-state index in [1.54, 1.807) is 48.7 Å². The zero-order chi connectivity index (χ0) is 24.9. The van der Waals surface area contributed by atoms with Crippen molar-refractivity contribution in [2.24, 2.45) is 5.73 Å². The molecule has 180 valence electrons. The molecule has 3 aromatic carbocycles. The molecule has 0 saturated carbocycles. The monoisotopic (exact) mass is 493 g/mol. The molecule has 0 aliphatic heterocycles. The van der Waals surface area contributed by atoms with Crippen LogP contribution >= 0.6 is 11.6 Å². The summed E-state index contributed by atoms with van der Waals surface area (Å²) in [6.45, 7) is 2.27. The van der Waals surface area contributed by atoms with Gasteiger partial charge in [-0.2, -0.15) is 0 Å². The van der Waals surface area contributed by atoms with Crippen molar-refractivity contribution in [1.82, 2.24) is 9.97 Å². The zero-order valence-corrected chi connectivity index (χ0v) is 20.0. The van der Waals surface area contributed by atoms with Gasteiger partial charge in [0, 0.05) is 27.9 Å². The normalized spacial score (nSPS) is 11.7. The van der Waals surface area contributed by atoms with E-state index in [2.05, 4.69) is 15.3 Å². The Morgan fingerprint density at radius 1 is 1.17 bits per heavy atom. The number of anilines is 1. The number of nitrogens with two attached hydrogens (primary N) is 1. The minimum Gasteiger partial charge on any atom is -0.494 e. The Morgan fingerprint density at radius 2 is 1.89 bits per heavy atom. The highest BCUT2D eigenvalue weighted by atomic mass is 35.5. The third kappa shape index (κ3) is 5.38. The molecule has 0 spiro atoms. The van der Waals surface area contributed by atoms with Crippen molar-refractivity contribution in [1.29, 1.82) is 5.41 Å². The van der Waals surface area contributed by atoms with Gasteiger partial charge in [-0.1, -0.05) is 23.7 Å². The average molecular weight is 494 g/mol. The number of benzene rings is 3. The van der Waals surface area contributed by atoms with Crippen molar-refractivity contribution in [2.75, 3.05) is 19.0 Å². The van der Waals surface area contributed by atoms with Crippen molar-refractivity contribution < 1.29 is 13.9 Å². The van der Waals surface area contributed by atoms with E-state index >= 15 is 4.39 Å². The molecule has 0 saturated heterocycles. The van der Waals surface area contributed by atoms with E-state index in [4.69, 9.17) is 32.2 Å². The standard InChI is InChI=1S/C26H25ClFN5O2/c1-3-35-19-12-20(23(28)22(13-19)34-2)24(32-18-10-6-16(7-11-18)25(29)30)26-31-14-21(33-26)15-4-8-17(27)9-5-15/h4-14,24,32H,3H2,1-2H3,(H3,29,30)(H,31,33). The molecule has 0 aliphatic carbocycles. The van der Waals surface area contributed by atoms with Crippen molar-refractivity contribution in [3.63, 3.8) is 0 Å². The Kier molecular flexibility index (Phi) is 7.22. The number of aromatic amines is 1. The first kappa shape index (κ1) is 24.1. The van der Waals surface area contributed by atoms with Crippen LogP contribution in [0.3, 0.4) is 0 Å². The Morgan fingerprint density at radius 3 is 2.51 bits per heavy atom. The highest BCUT2D eigenvalue weighted by Gasteiger charge is 2.25. The molecule has 4 rings (SSSR count). The molecule has 1 unspecified atom stereocenters. The number of nitrogens with zero attached hydrogens (tertiary/aromatic N) is 1. The third-order valence-electron chi connectivity index (χ3n) is 5.41. The van der Waals surface area contributed by atoms with Gasteiger partial charge in [0.2, 0.25) is 0 Å².